The molecule has 0 fully saturated rings. The second kappa shape index (κ2) is 6.35. The van der Waals surface area contributed by atoms with Gasteiger partial charge in [-0.25, -0.2) is 0 Å². The summed E-state index contributed by atoms with van der Waals surface area (Å²) in [5, 5.41) is 12.6. The zero-order valence-electron chi connectivity index (χ0n) is 14.3. The first kappa shape index (κ1) is 16.0. The van der Waals surface area contributed by atoms with E-state index in [2.05, 4.69) is 15.5 Å². The van der Waals surface area contributed by atoms with Crippen molar-refractivity contribution in [3.05, 3.63) is 35.8 Å². The third-order valence-electron chi connectivity index (χ3n) is 4.17. The number of amides is 1. The molecular weight excluding hydrogens is 306 g/mol. The van der Waals surface area contributed by atoms with E-state index in [1.165, 1.54) is 0 Å². The molecule has 1 amide bonds. The average Bonchev–Trinajstić information content (AvgIpc) is 3.08. The van der Waals surface area contributed by atoms with Gasteiger partial charge in [0.2, 0.25) is 5.91 Å². The normalized spacial score (nSPS) is 11.0. The van der Waals surface area contributed by atoms with Gasteiger partial charge in [-0.15, -0.1) is 0 Å². The third kappa shape index (κ3) is 2.97. The number of hydrogen-bond acceptors (Lipinski definition) is 4. The maximum absolute atomic E-state index is 12.2. The van der Waals surface area contributed by atoms with Gasteiger partial charge in [0.05, 0.1) is 42.4 Å². The van der Waals surface area contributed by atoms with Crippen molar-refractivity contribution < 1.29 is 9.53 Å². The molecule has 2 aromatic heterocycles. The lowest BCUT2D eigenvalue weighted by atomic mass is 10.2. The van der Waals surface area contributed by atoms with Gasteiger partial charge >= 0.3 is 0 Å². The Kier molecular flexibility index (Phi) is 4.24. The molecule has 0 saturated carbocycles. The molecule has 2 heterocycles. The third-order valence-corrected chi connectivity index (χ3v) is 4.17. The maximum Gasteiger partial charge on any atom is 0.226 e. The molecule has 0 unspecified atom stereocenters. The van der Waals surface area contributed by atoms with Crippen molar-refractivity contribution in [2.75, 3.05) is 12.4 Å². The van der Waals surface area contributed by atoms with Gasteiger partial charge in [-0.05, 0) is 32.0 Å². The highest BCUT2D eigenvalue weighted by molar-refractivity contribution is 5.92. The van der Waals surface area contributed by atoms with Crippen LogP contribution in [0.5, 0.6) is 5.75 Å². The summed E-state index contributed by atoms with van der Waals surface area (Å²) in [4.78, 5) is 12.2. The van der Waals surface area contributed by atoms with E-state index < -0.39 is 0 Å². The van der Waals surface area contributed by atoms with Crippen molar-refractivity contribution in [3.63, 3.8) is 0 Å². The minimum atomic E-state index is -0.0497. The zero-order chi connectivity index (χ0) is 17.3. The number of methoxy groups -OCH3 is 1. The Labute approximate surface area is 140 Å². The lowest BCUT2D eigenvalue weighted by molar-refractivity contribution is -0.116. The molecule has 3 rings (SSSR count). The number of nitrogens with one attached hydrogen (secondary N) is 1. The number of fused-ring (bicyclic) bond motifs is 1. The fourth-order valence-electron chi connectivity index (χ4n) is 2.73. The first-order valence-electron chi connectivity index (χ1n) is 7.79. The number of benzene rings is 1. The number of anilines is 1. The van der Waals surface area contributed by atoms with Gasteiger partial charge in [0.25, 0.3) is 0 Å². The number of hydrogen-bond donors (Lipinski definition) is 1. The highest BCUT2D eigenvalue weighted by atomic mass is 16.5. The molecule has 0 aliphatic carbocycles. The fraction of sp³-hybridized carbons (Fsp3) is 0.353. The first-order chi connectivity index (χ1) is 11.5. The summed E-state index contributed by atoms with van der Waals surface area (Å²) in [6, 6.07) is 5.78. The monoisotopic (exact) mass is 327 g/mol. The van der Waals surface area contributed by atoms with E-state index in [1.807, 2.05) is 43.8 Å². The Balaban J connectivity index is 1.68. The minimum Gasteiger partial charge on any atom is -0.497 e. The molecule has 0 bridgehead atoms. The van der Waals surface area contributed by atoms with E-state index in [4.69, 9.17) is 4.74 Å². The van der Waals surface area contributed by atoms with Crippen LogP contribution in [0.1, 0.15) is 17.8 Å². The summed E-state index contributed by atoms with van der Waals surface area (Å²) in [5.74, 6) is 0.744. The van der Waals surface area contributed by atoms with E-state index in [1.54, 1.807) is 18.0 Å². The molecule has 126 valence electrons. The standard InChI is InChI=1S/C17H21N5O2/c1-11-17(12(2)21(3)20-11)19-16(23)7-8-22-15-6-5-14(24-4)9-13(15)10-18-22/h5-6,9-10H,7-8H2,1-4H3,(H,19,23). The molecule has 7 heteroatoms. The van der Waals surface area contributed by atoms with E-state index in [-0.39, 0.29) is 5.91 Å². The number of carbonyl (C=O) groups is 1. The summed E-state index contributed by atoms with van der Waals surface area (Å²) >= 11 is 0. The number of carbonyl (C=O) groups excluding carboxylic acids is 1. The summed E-state index contributed by atoms with van der Waals surface area (Å²) in [6.07, 6.45) is 2.13. The number of aromatic nitrogens is 4. The minimum absolute atomic E-state index is 0.0497. The molecule has 0 aliphatic rings. The van der Waals surface area contributed by atoms with Crippen LogP contribution in [0, 0.1) is 13.8 Å². The van der Waals surface area contributed by atoms with Crippen molar-refractivity contribution in [1.29, 1.82) is 0 Å². The number of ether oxygens (including phenoxy) is 1. The quantitative estimate of drug-likeness (QED) is 0.781. The van der Waals surface area contributed by atoms with Crippen LogP contribution >= 0.6 is 0 Å². The van der Waals surface area contributed by atoms with Crippen LogP contribution < -0.4 is 10.1 Å². The Hall–Kier alpha value is -2.83. The van der Waals surface area contributed by atoms with E-state index in [9.17, 15) is 4.79 Å². The summed E-state index contributed by atoms with van der Waals surface area (Å²) < 4.78 is 8.81. The molecule has 3 aromatic rings. The van der Waals surface area contributed by atoms with Crippen LogP contribution in [0.4, 0.5) is 5.69 Å². The van der Waals surface area contributed by atoms with Crippen molar-refractivity contribution >= 4 is 22.5 Å². The predicted molar refractivity (Wildman–Crippen MR) is 92.2 cm³/mol. The van der Waals surface area contributed by atoms with Gasteiger partial charge in [0.15, 0.2) is 0 Å². The molecule has 0 saturated heterocycles. The van der Waals surface area contributed by atoms with Crippen LogP contribution in [-0.2, 0) is 18.4 Å². The molecule has 0 spiro atoms. The van der Waals surface area contributed by atoms with Gasteiger partial charge < -0.3 is 10.1 Å². The van der Waals surface area contributed by atoms with Crippen molar-refractivity contribution in [2.45, 2.75) is 26.8 Å². The van der Waals surface area contributed by atoms with E-state index in [0.29, 0.717) is 13.0 Å². The SMILES string of the molecule is COc1ccc2c(cnn2CCC(=O)Nc2c(C)nn(C)c2C)c1. The van der Waals surface area contributed by atoms with Gasteiger partial charge in [-0.3, -0.25) is 14.2 Å². The van der Waals surface area contributed by atoms with Crippen LogP contribution in [0.2, 0.25) is 0 Å². The summed E-state index contributed by atoms with van der Waals surface area (Å²) in [6.45, 7) is 4.33. The molecule has 0 radical (unpaired) electrons. The van der Waals surface area contributed by atoms with Gasteiger partial charge in [0.1, 0.15) is 5.75 Å². The lowest BCUT2D eigenvalue weighted by Gasteiger charge is -2.07. The smallest absolute Gasteiger partial charge is 0.226 e. The second-order valence-electron chi connectivity index (χ2n) is 5.76. The molecular formula is C17H21N5O2. The molecule has 1 aromatic carbocycles. The van der Waals surface area contributed by atoms with Crippen LogP contribution in [0.3, 0.4) is 0 Å². The Bertz CT molecular complexity index is 894. The highest BCUT2D eigenvalue weighted by Crippen LogP contribution is 2.21. The predicted octanol–water partition coefficient (Wildman–Crippen LogP) is 2.42. The lowest BCUT2D eigenvalue weighted by Crippen LogP contribution is -2.16. The topological polar surface area (TPSA) is 74.0 Å². The van der Waals surface area contributed by atoms with Crippen LogP contribution in [0.15, 0.2) is 24.4 Å². The first-order valence-corrected chi connectivity index (χ1v) is 7.79. The maximum atomic E-state index is 12.2. The molecule has 0 aliphatic heterocycles. The number of aryl methyl sites for hydroxylation is 3. The highest BCUT2D eigenvalue weighted by Gasteiger charge is 2.13. The molecule has 7 nitrogen and oxygen atoms in total. The summed E-state index contributed by atoms with van der Waals surface area (Å²) in [7, 11) is 3.50. The summed E-state index contributed by atoms with van der Waals surface area (Å²) in [5.41, 5.74) is 3.53. The van der Waals surface area contributed by atoms with Gasteiger partial charge in [-0.2, -0.15) is 10.2 Å². The van der Waals surface area contributed by atoms with Crippen molar-refractivity contribution in [3.8, 4) is 5.75 Å². The van der Waals surface area contributed by atoms with Gasteiger partial charge in [-0.1, -0.05) is 0 Å². The largest absolute Gasteiger partial charge is 0.497 e. The van der Waals surface area contributed by atoms with E-state index >= 15 is 0 Å². The Morgan fingerprint density at radius 1 is 1.33 bits per heavy atom. The number of rotatable bonds is 5. The van der Waals surface area contributed by atoms with Gasteiger partial charge in [0, 0.05) is 18.9 Å². The molecule has 0 atom stereocenters. The molecule has 24 heavy (non-hydrogen) atoms. The van der Waals surface area contributed by atoms with Crippen molar-refractivity contribution in [2.24, 2.45) is 7.05 Å². The second-order valence-corrected chi connectivity index (χ2v) is 5.76. The zero-order valence-corrected chi connectivity index (χ0v) is 14.3. The van der Waals surface area contributed by atoms with E-state index in [0.717, 1.165) is 33.7 Å². The van der Waals surface area contributed by atoms with Crippen molar-refractivity contribution in [1.82, 2.24) is 19.6 Å². The van der Waals surface area contributed by atoms with Crippen LogP contribution in [0.25, 0.3) is 10.9 Å². The average molecular weight is 327 g/mol. The van der Waals surface area contributed by atoms with Crippen LogP contribution in [-0.4, -0.2) is 32.6 Å². The fourth-order valence-corrected chi connectivity index (χ4v) is 2.73. The molecule has 1 N–H and O–H groups in total. The Morgan fingerprint density at radius 3 is 2.79 bits per heavy atom. The Morgan fingerprint density at radius 2 is 2.12 bits per heavy atom. The number of nitrogens with zero attached hydrogens (tertiary/aromatic N) is 4.